The standard InChI is InChI=1S/C20H26N4OS/c1-4-5-14-24(2)18-10-6-16(7-11-18)15-21-23-20(26)22-17-8-12-19(25-3)13-9-17/h6-13,15H,4-5,14H2,1-3H3,(H2,22,23,26). The molecule has 2 aromatic rings. The molecule has 0 saturated carbocycles. The van der Waals surface area contributed by atoms with E-state index < -0.39 is 0 Å². The number of rotatable bonds is 8. The Balaban J connectivity index is 1.82. The van der Waals surface area contributed by atoms with E-state index in [0.717, 1.165) is 23.5 Å². The smallest absolute Gasteiger partial charge is 0.191 e. The molecule has 2 rings (SSSR count). The van der Waals surface area contributed by atoms with Crippen molar-refractivity contribution in [2.45, 2.75) is 19.8 Å². The summed E-state index contributed by atoms with van der Waals surface area (Å²) in [4.78, 5) is 2.26. The van der Waals surface area contributed by atoms with Gasteiger partial charge in [-0.15, -0.1) is 0 Å². The molecule has 2 N–H and O–H groups in total. The molecule has 0 spiro atoms. The van der Waals surface area contributed by atoms with Gasteiger partial charge in [0.1, 0.15) is 5.75 Å². The molecule has 0 atom stereocenters. The molecular weight excluding hydrogens is 344 g/mol. The molecule has 0 amide bonds. The Labute approximate surface area is 161 Å². The number of hydrogen-bond donors (Lipinski definition) is 2. The monoisotopic (exact) mass is 370 g/mol. The zero-order chi connectivity index (χ0) is 18.8. The van der Waals surface area contributed by atoms with Crippen LogP contribution in [0.5, 0.6) is 5.75 Å². The number of ether oxygens (including phenoxy) is 1. The minimum atomic E-state index is 0.433. The third-order valence-electron chi connectivity index (χ3n) is 3.91. The Hall–Kier alpha value is -2.60. The van der Waals surface area contributed by atoms with Crippen LogP contribution in [0.4, 0.5) is 11.4 Å². The van der Waals surface area contributed by atoms with E-state index in [1.165, 1.54) is 18.5 Å². The van der Waals surface area contributed by atoms with Crippen molar-refractivity contribution in [1.29, 1.82) is 0 Å². The Kier molecular flexibility index (Phi) is 7.89. The van der Waals surface area contributed by atoms with E-state index in [4.69, 9.17) is 17.0 Å². The van der Waals surface area contributed by atoms with Crippen molar-refractivity contribution in [1.82, 2.24) is 5.43 Å². The van der Waals surface area contributed by atoms with Gasteiger partial charge in [-0.1, -0.05) is 25.5 Å². The number of nitrogens with zero attached hydrogens (tertiary/aromatic N) is 2. The fourth-order valence-electron chi connectivity index (χ4n) is 2.34. The van der Waals surface area contributed by atoms with Gasteiger partial charge in [0.25, 0.3) is 0 Å². The summed E-state index contributed by atoms with van der Waals surface area (Å²) in [5.41, 5.74) is 5.91. The van der Waals surface area contributed by atoms with Gasteiger partial charge < -0.3 is 15.0 Å². The minimum absolute atomic E-state index is 0.433. The summed E-state index contributed by atoms with van der Waals surface area (Å²) < 4.78 is 5.13. The van der Waals surface area contributed by atoms with E-state index in [2.05, 4.69) is 46.8 Å². The predicted molar refractivity (Wildman–Crippen MR) is 115 cm³/mol. The number of anilines is 2. The molecule has 0 saturated heterocycles. The molecule has 5 nitrogen and oxygen atoms in total. The highest BCUT2D eigenvalue weighted by molar-refractivity contribution is 7.80. The van der Waals surface area contributed by atoms with Crippen molar-refractivity contribution < 1.29 is 4.74 Å². The van der Waals surface area contributed by atoms with Gasteiger partial charge in [0.2, 0.25) is 0 Å². The molecule has 0 fully saturated rings. The van der Waals surface area contributed by atoms with Gasteiger partial charge in [-0.05, 0) is 60.6 Å². The molecule has 0 aromatic heterocycles. The molecule has 6 heteroatoms. The van der Waals surface area contributed by atoms with Crippen LogP contribution >= 0.6 is 12.2 Å². The van der Waals surface area contributed by atoms with Crippen molar-refractivity contribution in [2.24, 2.45) is 5.10 Å². The largest absolute Gasteiger partial charge is 0.497 e. The van der Waals surface area contributed by atoms with Gasteiger partial charge in [-0.2, -0.15) is 5.10 Å². The zero-order valence-corrected chi connectivity index (χ0v) is 16.3. The third kappa shape index (κ3) is 6.37. The fraction of sp³-hybridized carbons (Fsp3) is 0.300. The summed E-state index contributed by atoms with van der Waals surface area (Å²) in [6.45, 7) is 3.27. The summed E-state index contributed by atoms with van der Waals surface area (Å²) >= 11 is 5.23. The molecule has 138 valence electrons. The lowest BCUT2D eigenvalue weighted by molar-refractivity contribution is 0.415. The topological polar surface area (TPSA) is 48.9 Å². The third-order valence-corrected chi connectivity index (χ3v) is 4.10. The van der Waals surface area contributed by atoms with Crippen LogP contribution in [-0.4, -0.2) is 32.0 Å². The highest BCUT2D eigenvalue weighted by atomic mass is 32.1. The van der Waals surface area contributed by atoms with Gasteiger partial charge in [-0.25, -0.2) is 0 Å². The highest BCUT2D eigenvalue weighted by Crippen LogP contribution is 2.15. The average Bonchev–Trinajstić information content (AvgIpc) is 2.67. The predicted octanol–water partition coefficient (Wildman–Crippen LogP) is 4.25. The molecule has 2 aromatic carbocycles. The van der Waals surface area contributed by atoms with Gasteiger partial charge in [-0.3, -0.25) is 5.43 Å². The molecule has 0 bridgehead atoms. The number of nitrogens with one attached hydrogen (secondary N) is 2. The Morgan fingerprint density at radius 1 is 1.15 bits per heavy atom. The second-order valence-corrected chi connectivity index (χ2v) is 6.33. The number of hydrazone groups is 1. The number of thiocarbonyl (C=S) groups is 1. The van der Waals surface area contributed by atoms with Crippen molar-refractivity contribution in [3.05, 3.63) is 54.1 Å². The Bertz CT molecular complexity index is 714. The molecule has 0 aliphatic carbocycles. The van der Waals surface area contributed by atoms with Crippen LogP contribution in [0.2, 0.25) is 0 Å². The highest BCUT2D eigenvalue weighted by Gasteiger charge is 2.00. The second-order valence-electron chi connectivity index (χ2n) is 5.92. The maximum Gasteiger partial charge on any atom is 0.191 e. The van der Waals surface area contributed by atoms with Crippen LogP contribution in [0.15, 0.2) is 53.6 Å². The second kappa shape index (κ2) is 10.4. The van der Waals surface area contributed by atoms with Crippen molar-refractivity contribution in [3.63, 3.8) is 0 Å². The van der Waals surface area contributed by atoms with E-state index in [9.17, 15) is 0 Å². The van der Waals surface area contributed by atoms with E-state index in [-0.39, 0.29) is 0 Å². The SMILES string of the molecule is CCCCN(C)c1ccc(C=NNC(=S)Nc2ccc(OC)cc2)cc1. The normalized spacial score (nSPS) is 10.6. The molecule has 26 heavy (non-hydrogen) atoms. The van der Waals surface area contributed by atoms with Crippen LogP contribution in [0.3, 0.4) is 0 Å². The summed E-state index contributed by atoms with van der Waals surface area (Å²) in [5.74, 6) is 0.802. The quantitative estimate of drug-likeness (QED) is 0.413. The van der Waals surface area contributed by atoms with Crippen LogP contribution in [0.1, 0.15) is 25.3 Å². The molecule has 0 heterocycles. The average molecular weight is 371 g/mol. The number of hydrogen-bond acceptors (Lipinski definition) is 4. The van der Waals surface area contributed by atoms with E-state index in [1.807, 2.05) is 36.4 Å². The van der Waals surface area contributed by atoms with E-state index >= 15 is 0 Å². The summed E-state index contributed by atoms with van der Waals surface area (Å²) in [7, 11) is 3.75. The van der Waals surface area contributed by atoms with Gasteiger partial charge >= 0.3 is 0 Å². The van der Waals surface area contributed by atoms with Crippen LogP contribution in [0.25, 0.3) is 0 Å². The van der Waals surface area contributed by atoms with E-state index in [1.54, 1.807) is 13.3 Å². The Morgan fingerprint density at radius 2 is 1.85 bits per heavy atom. The lowest BCUT2D eigenvalue weighted by Gasteiger charge is -2.18. The molecule has 0 aliphatic rings. The first kappa shape index (κ1) is 19.7. The lowest BCUT2D eigenvalue weighted by Crippen LogP contribution is -2.23. The van der Waals surface area contributed by atoms with Crippen LogP contribution < -0.4 is 20.4 Å². The van der Waals surface area contributed by atoms with Gasteiger partial charge in [0.05, 0.1) is 13.3 Å². The summed E-state index contributed by atoms with van der Waals surface area (Å²) in [6, 6.07) is 15.8. The van der Waals surface area contributed by atoms with Gasteiger partial charge in [0, 0.05) is 25.0 Å². The molecule has 0 aliphatic heterocycles. The van der Waals surface area contributed by atoms with Crippen molar-refractivity contribution in [2.75, 3.05) is 30.9 Å². The molecule has 0 radical (unpaired) electrons. The Morgan fingerprint density at radius 3 is 2.46 bits per heavy atom. The number of unbranched alkanes of at least 4 members (excludes halogenated alkanes) is 1. The first-order chi connectivity index (χ1) is 12.6. The van der Waals surface area contributed by atoms with E-state index in [0.29, 0.717) is 5.11 Å². The van der Waals surface area contributed by atoms with Crippen LogP contribution in [0, 0.1) is 0 Å². The van der Waals surface area contributed by atoms with Crippen molar-refractivity contribution in [3.8, 4) is 5.75 Å². The number of benzene rings is 2. The molecular formula is C20H26N4OS. The maximum absolute atomic E-state index is 5.23. The first-order valence-corrected chi connectivity index (χ1v) is 9.08. The van der Waals surface area contributed by atoms with Crippen molar-refractivity contribution >= 4 is 34.9 Å². The fourth-order valence-corrected chi connectivity index (χ4v) is 2.51. The van der Waals surface area contributed by atoms with Gasteiger partial charge in [0.15, 0.2) is 5.11 Å². The minimum Gasteiger partial charge on any atom is -0.497 e. The summed E-state index contributed by atoms with van der Waals surface area (Å²) in [6.07, 6.45) is 4.14. The first-order valence-electron chi connectivity index (χ1n) is 8.67. The van der Waals surface area contributed by atoms with Crippen LogP contribution in [-0.2, 0) is 0 Å². The maximum atomic E-state index is 5.23. The molecule has 0 unspecified atom stereocenters. The number of methoxy groups -OCH3 is 1. The zero-order valence-electron chi connectivity index (χ0n) is 15.5. The summed E-state index contributed by atoms with van der Waals surface area (Å²) in [5, 5.41) is 7.68. The lowest BCUT2D eigenvalue weighted by atomic mass is 10.2.